The zero-order valence-electron chi connectivity index (χ0n) is 16.1. The molecule has 1 atom stereocenters. The summed E-state index contributed by atoms with van der Waals surface area (Å²) < 4.78 is 76.6. The molecular weight excluding hydrogens is 416 g/mol. The molecule has 168 valence electrons. The highest BCUT2D eigenvalue weighted by Gasteiger charge is 2.34. The van der Waals surface area contributed by atoms with Crippen LogP contribution in [-0.2, 0) is 22.2 Å². The van der Waals surface area contributed by atoms with Crippen LogP contribution in [0.2, 0.25) is 0 Å². The minimum absolute atomic E-state index is 0.137. The van der Waals surface area contributed by atoms with Crippen LogP contribution in [0.15, 0.2) is 18.2 Å². The normalized spacial score (nSPS) is 16.9. The summed E-state index contributed by atoms with van der Waals surface area (Å²) in [4.78, 5) is 24.2. The van der Waals surface area contributed by atoms with Crippen LogP contribution in [0.25, 0.3) is 0 Å². The molecule has 0 heterocycles. The van der Waals surface area contributed by atoms with Crippen LogP contribution >= 0.6 is 0 Å². The average molecular weight is 439 g/mol. The molecule has 4 nitrogen and oxygen atoms in total. The van der Waals surface area contributed by atoms with Crippen molar-refractivity contribution in [3.8, 4) is 0 Å². The SMILES string of the molecule is O=C(NC(C(=O)O)c1ccc(C(F)(F)F)cc1CCCC(F)(F)F)C1CCCCC1. The summed E-state index contributed by atoms with van der Waals surface area (Å²) >= 11 is 0. The predicted octanol–water partition coefficient (Wildman–Crippen LogP) is 5.41. The molecule has 0 radical (unpaired) electrons. The molecule has 1 amide bonds. The molecule has 0 bridgehead atoms. The van der Waals surface area contributed by atoms with Crippen LogP contribution in [-0.4, -0.2) is 23.2 Å². The lowest BCUT2D eigenvalue weighted by atomic mass is 9.88. The Hall–Kier alpha value is -2.26. The Morgan fingerprint density at radius 2 is 1.70 bits per heavy atom. The topological polar surface area (TPSA) is 66.4 Å². The second-order valence-corrected chi connectivity index (χ2v) is 7.49. The number of alkyl halides is 6. The van der Waals surface area contributed by atoms with Crippen LogP contribution < -0.4 is 5.32 Å². The number of hydrogen-bond donors (Lipinski definition) is 2. The van der Waals surface area contributed by atoms with Gasteiger partial charge in [-0.05, 0) is 48.9 Å². The third kappa shape index (κ3) is 6.91. The van der Waals surface area contributed by atoms with E-state index < -0.39 is 55.1 Å². The van der Waals surface area contributed by atoms with Crippen molar-refractivity contribution in [1.82, 2.24) is 5.32 Å². The fraction of sp³-hybridized carbons (Fsp3) is 0.600. The van der Waals surface area contributed by atoms with Gasteiger partial charge in [0.15, 0.2) is 6.04 Å². The third-order valence-corrected chi connectivity index (χ3v) is 5.20. The van der Waals surface area contributed by atoms with Crippen LogP contribution in [0.5, 0.6) is 0 Å². The Bertz CT molecular complexity index is 754. The number of rotatable bonds is 7. The quantitative estimate of drug-likeness (QED) is 0.558. The van der Waals surface area contributed by atoms with E-state index >= 15 is 0 Å². The number of carboxylic acids is 1. The number of hydrogen-bond acceptors (Lipinski definition) is 2. The summed E-state index contributed by atoms with van der Waals surface area (Å²) in [6, 6.07) is 0.619. The fourth-order valence-electron chi connectivity index (χ4n) is 3.66. The van der Waals surface area contributed by atoms with Gasteiger partial charge in [0, 0.05) is 12.3 Å². The smallest absolute Gasteiger partial charge is 0.416 e. The molecule has 1 aliphatic carbocycles. The second kappa shape index (κ2) is 9.70. The van der Waals surface area contributed by atoms with Crippen molar-refractivity contribution in [3.63, 3.8) is 0 Å². The van der Waals surface area contributed by atoms with Crippen molar-refractivity contribution in [2.75, 3.05) is 0 Å². The molecule has 10 heteroatoms. The lowest BCUT2D eigenvalue weighted by Crippen LogP contribution is -2.38. The van der Waals surface area contributed by atoms with E-state index in [9.17, 15) is 41.0 Å². The highest BCUT2D eigenvalue weighted by atomic mass is 19.4. The molecule has 0 saturated heterocycles. The van der Waals surface area contributed by atoms with Gasteiger partial charge in [-0.3, -0.25) is 4.79 Å². The van der Waals surface area contributed by atoms with Gasteiger partial charge in [-0.15, -0.1) is 0 Å². The van der Waals surface area contributed by atoms with Crippen molar-refractivity contribution < 1.29 is 41.0 Å². The van der Waals surface area contributed by atoms with Crippen molar-refractivity contribution in [2.24, 2.45) is 5.92 Å². The van der Waals surface area contributed by atoms with Gasteiger partial charge >= 0.3 is 18.3 Å². The van der Waals surface area contributed by atoms with Gasteiger partial charge in [-0.25, -0.2) is 4.79 Å². The maximum absolute atomic E-state index is 13.1. The van der Waals surface area contributed by atoms with Crippen molar-refractivity contribution in [2.45, 2.75) is 69.8 Å². The van der Waals surface area contributed by atoms with E-state index in [0.29, 0.717) is 25.0 Å². The number of aliphatic carboxylic acids is 1. The van der Waals surface area contributed by atoms with Gasteiger partial charge < -0.3 is 10.4 Å². The summed E-state index contributed by atoms with van der Waals surface area (Å²) in [5, 5.41) is 11.9. The lowest BCUT2D eigenvalue weighted by molar-refractivity contribution is -0.143. The first-order chi connectivity index (χ1) is 13.9. The zero-order valence-corrected chi connectivity index (χ0v) is 16.1. The molecular formula is C20H23F6NO3. The molecule has 0 spiro atoms. The second-order valence-electron chi connectivity index (χ2n) is 7.49. The van der Waals surface area contributed by atoms with E-state index in [1.807, 2.05) is 0 Å². The Labute approximate surface area is 169 Å². The summed E-state index contributed by atoms with van der Waals surface area (Å²) in [6.07, 6.45) is -7.55. The largest absolute Gasteiger partial charge is 0.479 e. The van der Waals surface area contributed by atoms with Gasteiger partial charge in [0.25, 0.3) is 0 Å². The minimum atomic E-state index is -4.73. The first-order valence-corrected chi connectivity index (χ1v) is 9.68. The Morgan fingerprint density at radius 3 is 2.23 bits per heavy atom. The molecule has 1 fully saturated rings. The third-order valence-electron chi connectivity index (χ3n) is 5.20. The van der Waals surface area contributed by atoms with Crippen molar-refractivity contribution in [1.29, 1.82) is 0 Å². The zero-order chi connectivity index (χ0) is 22.5. The molecule has 2 rings (SSSR count). The molecule has 1 saturated carbocycles. The molecule has 2 N–H and O–H groups in total. The van der Waals surface area contributed by atoms with Gasteiger partial charge in [0.2, 0.25) is 5.91 Å². The van der Waals surface area contributed by atoms with E-state index in [1.54, 1.807) is 0 Å². The standard InChI is InChI=1S/C20H23F6NO3/c21-19(22,23)10-4-7-13-11-14(20(24,25)26)8-9-15(13)16(18(29)30)27-17(28)12-5-2-1-3-6-12/h8-9,11-12,16H,1-7,10H2,(H,27,28)(H,29,30). The lowest BCUT2D eigenvalue weighted by Gasteiger charge is -2.25. The van der Waals surface area contributed by atoms with Crippen LogP contribution in [0, 0.1) is 5.92 Å². The van der Waals surface area contributed by atoms with Gasteiger partial charge in [0.05, 0.1) is 5.56 Å². The molecule has 1 aliphatic rings. The van der Waals surface area contributed by atoms with E-state index in [-0.39, 0.29) is 17.0 Å². The number of carbonyl (C=O) groups excluding carboxylic acids is 1. The molecule has 1 aromatic carbocycles. The molecule has 1 aromatic rings. The van der Waals surface area contributed by atoms with Crippen molar-refractivity contribution >= 4 is 11.9 Å². The number of aryl methyl sites for hydroxylation is 1. The van der Waals surface area contributed by atoms with E-state index in [1.165, 1.54) is 0 Å². The fourth-order valence-corrected chi connectivity index (χ4v) is 3.66. The number of benzene rings is 1. The van der Waals surface area contributed by atoms with Crippen molar-refractivity contribution in [3.05, 3.63) is 34.9 Å². The molecule has 0 aliphatic heterocycles. The van der Waals surface area contributed by atoms with Crippen LogP contribution in [0.4, 0.5) is 26.3 Å². The van der Waals surface area contributed by atoms with Crippen LogP contribution in [0.1, 0.15) is 67.7 Å². The molecule has 0 aromatic heterocycles. The highest BCUT2D eigenvalue weighted by molar-refractivity contribution is 5.86. The first kappa shape index (κ1) is 24.0. The first-order valence-electron chi connectivity index (χ1n) is 9.68. The number of halogens is 6. The summed E-state index contributed by atoms with van der Waals surface area (Å²) in [6.45, 7) is 0. The summed E-state index contributed by atoms with van der Waals surface area (Å²) in [5.74, 6) is -2.39. The predicted molar refractivity (Wildman–Crippen MR) is 95.5 cm³/mol. The monoisotopic (exact) mass is 439 g/mol. The Balaban J connectivity index is 2.31. The Kier molecular flexibility index (Phi) is 7.76. The number of amides is 1. The number of carboxylic acid groups (broad SMARTS) is 1. The number of nitrogens with one attached hydrogen (secondary N) is 1. The van der Waals surface area contributed by atoms with E-state index in [2.05, 4.69) is 5.32 Å². The number of carbonyl (C=O) groups is 2. The Morgan fingerprint density at radius 1 is 1.07 bits per heavy atom. The van der Waals surface area contributed by atoms with E-state index in [4.69, 9.17) is 0 Å². The van der Waals surface area contributed by atoms with Crippen LogP contribution in [0.3, 0.4) is 0 Å². The van der Waals surface area contributed by atoms with E-state index in [0.717, 1.165) is 25.3 Å². The maximum atomic E-state index is 13.1. The molecule has 1 unspecified atom stereocenters. The van der Waals surface area contributed by atoms with Gasteiger partial charge in [-0.2, -0.15) is 26.3 Å². The van der Waals surface area contributed by atoms with Gasteiger partial charge in [0.1, 0.15) is 0 Å². The average Bonchev–Trinajstić information content (AvgIpc) is 2.65. The summed E-state index contributed by atoms with van der Waals surface area (Å²) in [7, 11) is 0. The maximum Gasteiger partial charge on any atom is 0.416 e. The molecule has 30 heavy (non-hydrogen) atoms. The minimum Gasteiger partial charge on any atom is -0.479 e. The van der Waals surface area contributed by atoms with Gasteiger partial charge in [-0.1, -0.05) is 25.3 Å². The summed E-state index contributed by atoms with van der Waals surface area (Å²) in [5.41, 5.74) is -1.40. The highest BCUT2D eigenvalue weighted by Crippen LogP contribution is 2.34.